The van der Waals surface area contributed by atoms with Gasteiger partial charge in [-0.05, 0) is 83.2 Å². The molecule has 2 aliphatic rings. The number of anilines is 2. The number of benzene rings is 2. The summed E-state index contributed by atoms with van der Waals surface area (Å²) in [5.41, 5.74) is 2.22. The fourth-order valence-corrected chi connectivity index (χ4v) is 5.68. The molecular weight excluding hydrogens is 644 g/mol. The van der Waals surface area contributed by atoms with Crippen LogP contribution in [0.2, 0.25) is 0 Å². The van der Waals surface area contributed by atoms with Crippen molar-refractivity contribution < 1.29 is 22.7 Å². The summed E-state index contributed by atoms with van der Waals surface area (Å²) in [4.78, 5) is 20.3. The topological polar surface area (TPSA) is 69.5 Å². The lowest BCUT2D eigenvalue weighted by Crippen LogP contribution is -2.33. The highest BCUT2D eigenvalue weighted by Gasteiger charge is 2.36. The number of hydrogen-bond donors (Lipinski definition) is 0. The van der Waals surface area contributed by atoms with Crippen molar-refractivity contribution in [1.82, 2.24) is 4.98 Å². The Morgan fingerprint density at radius 3 is 2.39 bits per heavy atom. The van der Waals surface area contributed by atoms with E-state index in [4.69, 9.17) is 4.74 Å². The van der Waals surface area contributed by atoms with Crippen LogP contribution in [0.1, 0.15) is 65.9 Å². The Balaban J connectivity index is 1.21. The van der Waals surface area contributed by atoms with Gasteiger partial charge >= 0.3 is 6.18 Å². The number of hydrogen-bond acceptors (Lipinski definition) is 6. The number of Topliss-reactive ketones (excluding diaryl/α,β-unsaturated/α-hetero) is 1. The van der Waals surface area contributed by atoms with Crippen LogP contribution in [0.4, 0.5) is 24.7 Å². The van der Waals surface area contributed by atoms with Gasteiger partial charge in [0.05, 0.1) is 5.56 Å². The summed E-state index contributed by atoms with van der Waals surface area (Å²) in [5.74, 6) is 6.98. The van der Waals surface area contributed by atoms with Crippen LogP contribution in [0.5, 0.6) is 5.75 Å². The molecule has 3 aromatic rings. The van der Waals surface area contributed by atoms with Gasteiger partial charge in [0.25, 0.3) is 0 Å². The molecular formula is C31H26F3IN4O2. The van der Waals surface area contributed by atoms with Gasteiger partial charge in [0, 0.05) is 39.9 Å². The Kier molecular flexibility index (Phi) is 8.14. The average molecular weight is 670 g/mol. The summed E-state index contributed by atoms with van der Waals surface area (Å²) in [5, 5.41) is 9.93. The van der Waals surface area contributed by atoms with Gasteiger partial charge in [-0.2, -0.15) is 18.4 Å². The van der Waals surface area contributed by atoms with Crippen LogP contribution >= 0.6 is 22.6 Å². The second kappa shape index (κ2) is 11.6. The van der Waals surface area contributed by atoms with Crippen molar-refractivity contribution in [3.8, 4) is 23.8 Å². The Morgan fingerprint density at radius 2 is 1.80 bits per heavy atom. The zero-order valence-corrected chi connectivity index (χ0v) is 24.5. The predicted molar refractivity (Wildman–Crippen MR) is 157 cm³/mol. The van der Waals surface area contributed by atoms with Crippen molar-refractivity contribution in [2.45, 2.75) is 45.0 Å². The Labute approximate surface area is 250 Å². The first-order chi connectivity index (χ1) is 19.6. The fraction of sp³-hybridized carbons (Fsp3) is 0.323. The first kappa shape index (κ1) is 28.7. The lowest BCUT2D eigenvalue weighted by Gasteiger charge is -2.30. The summed E-state index contributed by atoms with van der Waals surface area (Å²) >= 11 is 2.21. The lowest BCUT2D eigenvalue weighted by molar-refractivity contribution is -0.137. The summed E-state index contributed by atoms with van der Waals surface area (Å²) in [6.07, 6.45) is -0.563. The molecule has 1 atom stereocenters. The Bertz CT molecular complexity index is 1550. The number of ketones is 1. The van der Waals surface area contributed by atoms with Crippen LogP contribution < -0.4 is 14.5 Å². The van der Waals surface area contributed by atoms with Crippen molar-refractivity contribution in [3.05, 3.63) is 80.6 Å². The minimum Gasteiger partial charge on any atom is -0.463 e. The largest absolute Gasteiger partial charge is 0.463 e. The molecule has 1 saturated heterocycles. The molecule has 2 aromatic carbocycles. The number of fused-ring (bicyclic) bond motifs is 1. The first-order valence-corrected chi connectivity index (χ1v) is 14.3. The quantitative estimate of drug-likeness (QED) is 0.0954. The third kappa shape index (κ3) is 5.98. The van der Waals surface area contributed by atoms with Gasteiger partial charge < -0.3 is 9.64 Å². The van der Waals surface area contributed by atoms with E-state index in [1.165, 1.54) is 6.07 Å². The molecule has 2 aliphatic heterocycles. The number of ether oxygens (including phenoxy) is 1. The van der Waals surface area contributed by atoms with E-state index in [9.17, 15) is 23.2 Å². The van der Waals surface area contributed by atoms with Crippen LogP contribution in [-0.2, 0) is 6.18 Å². The van der Waals surface area contributed by atoms with Crippen molar-refractivity contribution in [2.24, 2.45) is 5.92 Å². The zero-order chi connectivity index (χ0) is 29.3. The maximum absolute atomic E-state index is 12.8. The van der Waals surface area contributed by atoms with Crippen molar-refractivity contribution in [3.63, 3.8) is 0 Å². The number of rotatable bonds is 4. The van der Waals surface area contributed by atoms with E-state index in [0.717, 1.165) is 32.6 Å². The summed E-state index contributed by atoms with van der Waals surface area (Å²) in [6, 6.07) is 13.4. The average Bonchev–Trinajstić information content (AvgIpc) is 3.36. The van der Waals surface area contributed by atoms with Crippen LogP contribution in [0.3, 0.4) is 0 Å². The number of pyridine rings is 1. The SMILES string of the molecule is CC(C)c1ccc(I)c2c1OC(c1ccc(C(=O)C#CC3CCN(c4ccc(C(F)(F)F)cn4)CC3)cc1)N2C#N. The van der Waals surface area contributed by atoms with Crippen LogP contribution in [0.15, 0.2) is 54.7 Å². The molecule has 41 heavy (non-hydrogen) atoms. The number of piperidine rings is 1. The van der Waals surface area contributed by atoms with Gasteiger partial charge in [0.1, 0.15) is 11.5 Å². The smallest absolute Gasteiger partial charge is 0.417 e. The molecule has 0 N–H and O–H groups in total. The van der Waals surface area contributed by atoms with E-state index >= 15 is 0 Å². The van der Waals surface area contributed by atoms with Gasteiger partial charge in [-0.15, -0.1) is 0 Å². The minimum atomic E-state index is -4.41. The van der Waals surface area contributed by atoms with Crippen LogP contribution in [0.25, 0.3) is 0 Å². The molecule has 0 saturated carbocycles. The van der Waals surface area contributed by atoms with Crippen molar-refractivity contribution in [1.29, 1.82) is 5.26 Å². The minimum absolute atomic E-state index is 0.0103. The molecule has 3 heterocycles. The third-order valence-electron chi connectivity index (χ3n) is 7.29. The second-order valence-electron chi connectivity index (χ2n) is 10.3. The molecule has 0 spiro atoms. The standard InChI is InChI=1S/C31H26F3IN4O2/c1-19(2)24-9-10-25(35)28-29(24)41-30(39(28)18-36)22-6-4-21(5-7-22)26(40)11-3-20-13-15-38(16-14-20)27-12-8-23(17-37-27)31(32,33)34/h4-10,12,17,19-20,30H,13-16H2,1-2H3. The van der Waals surface area contributed by atoms with Crippen molar-refractivity contribution >= 4 is 39.9 Å². The van der Waals surface area contributed by atoms with Crippen LogP contribution in [-0.4, -0.2) is 23.9 Å². The highest BCUT2D eigenvalue weighted by molar-refractivity contribution is 14.1. The van der Waals surface area contributed by atoms with Crippen LogP contribution in [0, 0.1) is 32.8 Å². The number of carbonyl (C=O) groups is 1. The lowest BCUT2D eigenvalue weighted by atomic mass is 9.97. The first-order valence-electron chi connectivity index (χ1n) is 13.2. The maximum Gasteiger partial charge on any atom is 0.417 e. The number of halogens is 4. The predicted octanol–water partition coefficient (Wildman–Crippen LogP) is 7.31. The molecule has 210 valence electrons. The second-order valence-corrected chi connectivity index (χ2v) is 11.5. The van der Waals surface area contributed by atoms with E-state index in [-0.39, 0.29) is 17.6 Å². The highest BCUT2D eigenvalue weighted by Crippen LogP contribution is 2.49. The zero-order valence-electron chi connectivity index (χ0n) is 22.4. The number of aromatic nitrogens is 1. The van der Waals surface area contributed by atoms with Gasteiger partial charge in [-0.25, -0.2) is 9.88 Å². The molecule has 1 fully saturated rings. The molecule has 1 unspecified atom stereocenters. The number of alkyl halides is 3. The number of carbonyl (C=O) groups excluding carboxylic acids is 1. The number of nitriles is 1. The van der Waals surface area contributed by atoms with Gasteiger partial charge in [0.15, 0.2) is 11.9 Å². The number of nitrogens with zero attached hydrogens (tertiary/aromatic N) is 4. The fourth-order valence-electron chi connectivity index (χ4n) is 5.00. The van der Waals surface area contributed by atoms with E-state index in [1.54, 1.807) is 29.2 Å². The van der Waals surface area contributed by atoms with Gasteiger partial charge in [-0.1, -0.05) is 38.0 Å². The Hall–Kier alpha value is -3.77. The van der Waals surface area contributed by atoms with Crippen molar-refractivity contribution in [2.75, 3.05) is 22.9 Å². The maximum atomic E-state index is 12.8. The van der Waals surface area contributed by atoms with Gasteiger partial charge in [0.2, 0.25) is 12.0 Å². The van der Waals surface area contributed by atoms with E-state index in [2.05, 4.69) is 59.5 Å². The van der Waals surface area contributed by atoms with E-state index in [0.29, 0.717) is 43.1 Å². The normalized spacial score (nSPS) is 17.0. The van der Waals surface area contributed by atoms with Gasteiger partial charge in [-0.3, -0.25) is 4.79 Å². The molecule has 10 heteroatoms. The molecule has 1 aromatic heterocycles. The Morgan fingerprint density at radius 1 is 1.10 bits per heavy atom. The highest BCUT2D eigenvalue weighted by atomic mass is 127. The van der Waals surface area contributed by atoms with E-state index < -0.39 is 18.0 Å². The van der Waals surface area contributed by atoms with E-state index in [1.807, 2.05) is 17.0 Å². The molecule has 0 radical (unpaired) electrons. The molecule has 0 bridgehead atoms. The molecule has 0 aliphatic carbocycles. The molecule has 0 amide bonds. The summed E-state index contributed by atoms with van der Waals surface area (Å²) in [7, 11) is 0. The summed E-state index contributed by atoms with van der Waals surface area (Å²) < 4.78 is 45.6. The monoisotopic (exact) mass is 670 g/mol. The molecule has 5 rings (SSSR count). The molecule has 6 nitrogen and oxygen atoms in total. The summed E-state index contributed by atoms with van der Waals surface area (Å²) in [6.45, 7) is 5.35. The third-order valence-corrected chi connectivity index (χ3v) is 8.16.